The summed E-state index contributed by atoms with van der Waals surface area (Å²) in [7, 11) is -10.7. The minimum Gasteiger partial charge on any atom is -0.394 e. The third-order valence-electron chi connectivity index (χ3n) is 8.23. The number of benzene rings is 1. The second-order valence-electron chi connectivity index (χ2n) is 12.8. The van der Waals surface area contributed by atoms with Gasteiger partial charge < -0.3 is 48.9 Å². The highest BCUT2D eigenvalue weighted by Crippen LogP contribution is 2.49. The van der Waals surface area contributed by atoms with E-state index in [0.29, 0.717) is 12.8 Å². The van der Waals surface area contributed by atoms with Crippen molar-refractivity contribution in [3.63, 3.8) is 0 Å². The third-order valence-corrected chi connectivity index (χ3v) is 13.2. The number of nitrogens with two attached hydrogens (primary N) is 2. The van der Waals surface area contributed by atoms with Crippen LogP contribution in [0.4, 0.5) is 11.6 Å². The number of aryl methyl sites for hydroxylation is 1. The molecular formula is C35H56N6O15P2S. The highest BCUT2D eigenvalue weighted by atomic mass is 32.2. The zero-order chi connectivity index (χ0) is 43.6. The molecule has 21 nitrogen and oxygen atoms in total. The van der Waals surface area contributed by atoms with Crippen LogP contribution >= 0.6 is 15.2 Å². The van der Waals surface area contributed by atoms with Gasteiger partial charge in [-0.15, -0.1) is 0 Å². The van der Waals surface area contributed by atoms with Crippen LogP contribution in [0.1, 0.15) is 71.4 Å². The van der Waals surface area contributed by atoms with Gasteiger partial charge in [0, 0.05) is 12.4 Å². The van der Waals surface area contributed by atoms with Gasteiger partial charge in [0.15, 0.2) is 6.35 Å². The molecule has 24 heteroatoms. The van der Waals surface area contributed by atoms with E-state index in [1.54, 1.807) is 64.4 Å². The Balaban J connectivity index is 0.000000243. The average Bonchev–Trinajstić information content (AvgIpc) is 3.86. The third kappa shape index (κ3) is 16.2. The van der Waals surface area contributed by atoms with E-state index >= 15 is 0 Å². The molecule has 0 bridgehead atoms. The van der Waals surface area contributed by atoms with E-state index in [2.05, 4.69) is 9.97 Å². The quantitative estimate of drug-likeness (QED) is 0.112. The van der Waals surface area contributed by atoms with Gasteiger partial charge in [0.25, 0.3) is 10.1 Å². The van der Waals surface area contributed by atoms with Gasteiger partial charge in [0.2, 0.25) is 0 Å². The first kappa shape index (κ1) is 50.0. The Morgan fingerprint density at radius 3 is 1.59 bits per heavy atom. The summed E-state index contributed by atoms with van der Waals surface area (Å²) in [5, 5.41) is 8.90. The second kappa shape index (κ2) is 24.2. The van der Waals surface area contributed by atoms with Gasteiger partial charge in [-0.2, -0.15) is 18.4 Å². The first-order valence-electron chi connectivity index (χ1n) is 18.9. The standard InChI is InChI=1S/C14H24N3O6P.C12H19O6PS.C9H13N3O3/c1-3-21-24(19,22-4-2)10-20-9-11-5-6-13(23-11)17-8-7-12(15)16-14(17)18;1-4-16-19(13,17-5-2)10-18-20(14,15)12-8-6-11(3)7-9-12;10-7-3-4-12(9(14)11-7)8-2-1-6(5-13)15-8/h7-8,11,13H,3-6,9-10H2,1-2H3,(H2,15,16,18);6-9H,4-5,10H2,1-3H3;3-4,6,8,13H,1-2,5H2,(H2,10,11,14). The first-order chi connectivity index (χ1) is 28.0. The Morgan fingerprint density at radius 1 is 0.729 bits per heavy atom. The van der Waals surface area contributed by atoms with Crippen LogP contribution in [0.5, 0.6) is 0 Å². The van der Waals surface area contributed by atoms with Crippen LogP contribution in [0.15, 0.2) is 63.3 Å². The Morgan fingerprint density at radius 2 is 1.17 bits per heavy atom. The fourth-order valence-electron chi connectivity index (χ4n) is 5.54. The number of hydrogen-bond donors (Lipinski definition) is 3. The molecule has 2 saturated heterocycles. The zero-order valence-corrected chi connectivity index (χ0v) is 36.4. The van der Waals surface area contributed by atoms with Crippen molar-refractivity contribution in [3.8, 4) is 0 Å². The van der Waals surface area contributed by atoms with Crippen LogP contribution in [-0.4, -0.2) is 97.2 Å². The molecule has 0 spiro atoms. The largest absolute Gasteiger partial charge is 0.394 e. The number of aliphatic hydroxyl groups is 1. The van der Waals surface area contributed by atoms with E-state index in [-0.39, 0.29) is 81.0 Å². The molecule has 0 radical (unpaired) electrons. The van der Waals surface area contributed by atoms with Crippen LogP contribution in [-0.2, 0) is 55.7 Å². The van der Waals surface area contributed by atoms with Gasteiger partial charge in [-0.25, -0.2) is 9.59 Å². The SMILES string of the molecule is CCOP(=O)(COCC1CCC(n2ccc(N)nc2=O)O1)OCC.CCOP(=O)(COS(=O)(=O)c1ccc(C)cc1)OCC.Nc1ccn(C2CCC(CO)O2)c(=O)n1. The summed E-state index contributed by atoms with van der Waals surface area (Å²) >= 11 is 0. The molecule has 0 amide bonds. The summed E-state index contributed by atoms with van der Waals surface area (Å²) < 4.78 is 92.8. The number of aromatic nitrogens is 4. The number of rotatable bonds is 19. The van der Waals surface area contributed by atoms with Crippen LogP contribution in [0.2, 0.25) is 0 Å². The number of nitrogens with zero attached hydrogens (tertiary/aromatic N) is 4. The van der Waals surface area contributed by atoms with Crippen LogP contribution < -0.4 is 22.8 Å². The maximum absolute atomic E-state index is 12.3. The lowest BCUT2D eigenvalue weighted by molar-refractivity contribution is -0.0384. The number of hydrogen-bond acceptors (Lipinski definition) is 19. The lowest BCUT2D eigenvalue weighted by atomic mass is 10.2. The van der Waals surface area contributed by atoms with Crippen molar-refractivity contribution >= 4 is 36.9 Å². The molecule has 3 aromatic rings. The van der Waals surface area contributed by atoms with Gasteiger partial charge in [-0.05, 0) is 84.6 Å². The molecule has 5 rings (SSSR count). The van der Waals surface area contributed by atoms with Gasteiger partial charge in [-0.1, -0.05) is 17.7 Å². The summed E-state index contributed by atoms with van der Waals surface area (Å²) in [6.45, 7) is 9.70. The summed E-state index contributed by atoms with van der Waals surface area (Å²) in [4.78, 5) is 30.6. The first-order valence-corrected chi connectivity index (χ1v) is 23.8. The lowest BCUT2D eigenvalue weighted by Crippen LogP contribution is -2.28. The maximum atomic E-state index is 12.3. The van der Waals surface area contributed by atoms with Gasteiger partial charge in [-0.3, -0.25) is 22.4 Å². The Labute approximate surface area is 343 Å². The number of aliphatic hydroxyl groups excluding tert-OH is 1. The van der Waals surface area contributed by atoms with Crippen LogP contribution in [0.3, 0.4) is 0 Å². The molecule has 4 atom stereocenters. The zero-order valence-electron chi connectivity index (χ0n) is 33.8. The lowest BCUT2D eigenvalue weighted by Gasteiger charge is -2.19. The summed E-state index contributed by atoms with van der Waals surface area (Å²) in [6.07, 6.45) is 4.10. The van der Waals surface area contributed by atoms with Crippen molar-refractivity contribution in [2.45, 2.75) is 89.9 Å². The van der Waals surface area contributed by atoms with Crippen molar-refractivity contribution in [1.82, 2.24) is 19.1 Å². The van der Waals surface area contributed by atoms with Crippen LogP contribution in [0.25, 0.3) is 0 Å². The molecule has 2 aromatic heterocycles. The molecule has 59 heavy (non-hydrogen) atoms. The topological polar surface area (TPSA) is 284 Å². The van der Waals surface area contributed by atoms with Crippen molar-refractivity contribution in [2.24, 2.45) is 0 Å². The van der Waals surface area contributed by atoms with Crippen LogP contribution in [0, 0.1) is 6.92 Å². The molecule has 2 fully saturated rings. The maximum Gasteiger partial charge on any atom is 0.357 e. The molecule has 0 aliphatic carbocycles. The molecule has 0 saturated carbocycles. The molecule has 4 unspecified atom stereocenters. The molecule has 4 heterocycles. The van der Waals surface area contributed by atoms with Crippen molar-refractivity contribution < 1.29 is 59.1 Å². The minimum absolute atomic E-state index is 0.00245. The Hall–Kier alpha value is -3.37. The van der Waals surface area contributed by atoms with E-state index in [1.807, 2.05) is 6.92 Å². The molecular weight excluding hydrogens is 838 g/mol. The molecule has 2 aliphatic rings. The monoisotopic (exact) mass is 894 g/mol. The number of nitrogen functional groups attached to an aromatic ring is 2. The number of ether oxygens (including phenoxy) is 3. The fraction of sp³-hybridized carbons (Fsp3) is 0.600. The molecule has 1 aromatic carbocycles. The Bertz CT molecular complexity index is 2050. The Kier molecular flexibility index (Phi) is 20.5. The van der Waals surface area contributed by atoms with E-state index in [4.69, 9.17) is 53.1 Å². The van der Waals surface area contributed by atoms with Crippen molar-refractivity contribution in [1.29, 1.82) is 0 Å². The highest BCUT2D eigenvalue weighted by molar-refractivity contribution is 7.87. The smallest absolute Gasteiger partial charge is 0.357 e. The van der Waals surface area contributed by atoms with Gasteiger partial charge >= 0.3 is 26.6 Å². The van der Waals surface area contributed by atoms with Crippen molar-refractivity contribution in [2.75, 3.05) is 63.8 Å². The fourth-order valence-corrected chi connectivity index (χ4v) is 9.57. The van der Waals surface area contributed by atoms with Gasteiger partial charge in [0.05, 0.1) is 56.7 Å². The average molecular weight is 895 g/mol. The summed E-state index contributed by atoms with van der Waals surface area (Å²) in [5.74, 6) is 0.379. The van der Waals surface area contributed by atoms with Crippen molar-refractivity contribution in [3.05, 3.63) is 75.3 Å². The molecule has 5 N–H and O–H groups in total. The van der Waals surface area contributed by atoms with E-state index in [0.717, 1.165) is 18.4 Å². The predicted octanol–water partition coefficient (Wildman–Crippen LogP) is 4.16. The highest BCUT2D eigenvalue weighted by Gasteiger charge is 2.31. The molecule has 2 aliphatic heterocycles. The van der Waals surface area contributed by atoms with E-state index < -0.39 is 49.3 Å². The van der Waals surface area contributed by atoms with E-state index in [9.17, 15) is 27.1 Å². The minimum atomic E-state index is -3.98. The molecule has 332 valence electrons. The summed E-state index contributed by atoms with van der Waals surface area (Å²) in [6, 6.07) is 9.27. The van der Waals surface area contributed by atoms with E-state index in [1.165, 1.54) is 21.3 Å². The predicted molar refractivity (Wildman–Crippen MR) is 216 cm³/mol. The summed E-state index contributed by atoms with van der Waals surface area (Å²) in [5.41, 5.74) is 10.9. The van der Waals surface area contributed by atoms with Gasteiger partial charge in [0.1, 0.15) is 30.4 Å². The number of anilines is 2. The second-order valence-corrected chi connectivity index (χ2v) is 18.4. The normalized spacial score (nSPS) is 19.4.